The van der Waals surface area contributed by atoms with Crippen molar-refractivity contribution in [3.05, 3.63) is 0 Å². The Morgan fingerprint density at radius 1 is 1.50 bits per heavy atom. The van der Waals surface area contributed by atoms with Gasteiger partial charge in [0.2, 0.25) is 0 Å². The molecular weight excluding hydrogens is 200 g/mol. The Balaban J connectivity index is 2.25. The predicted octanol–water partition coefficient (Wildman–Crippen LogP) is 1.86. The van der Waals surface area contributed by atoms with Crippen LogP contribution in [0.1, 0.15) is 39.5 Å². The Bertz CT molecular complexity index is 188. The molecule has 1 fully saturated rings. The molecule has 1 aliphatic heterocycles. The molecule has 2 N–H and O–H groups in total. The molecule has 0 bridgehead atoms. The van der Waals surface area contributed by atoms with Gasteiger partial charge in [0, 0.05) is 25.2 Å². The summed E-state index contributed by atoms with van der Waals surface area (Å²) in [6, 6.07) is 0. The van der Waals surface area contributed by atoms with Crippen molar-refractivity contribution < 1.29 is 4.74 Å². The number of nitrogens with zero attached hydrogens (tertiary/aromatic N) is 1. The minimum absolute atomic E-state index is 0.0426. The Morgan fingerprint density at radius 2 is 2.25 bits per heavy atom. The molecule has 3 nitrogen and oxygen atoms in total. The molecule has 0 amide bonds. The number of hydrogen-bond donors (Lipinski definition) is 1. The van der Waals surface area contributed by atoms with Crippen LogP contribution in [0, 0.1) is 5.92 Å². The zero-order valence-electron chi connectivity index (χ0n) is 11.2. The number of rotatable bonds is 6. The second kappa shape index (κ2) is 6.58. The molecule has 2 atom stereocenters. The van der Waals surface area contributed by atoms with Crippen LogP contribution in [0.5, 0.6) is 0 Å². The summed E-state index contributed by atoms with van der Waals surface area (Å²) in [5, 5.41) is 0. The summed E-state index contributed by atoms with van der Waals surface area (Å²) in [7, 11) is 2.18. The molecule has 0 aliphatic carbocycles. The van der Waals surface area contributed by atoms with E-state index in [4.69, 9.17) is 10.5 Å². The van der Waals surface area contributed by atoms with Gasteiger partial charge in [-0.3, -0.25) is 0 Å². The molecule has 1 saturated heterocycles. The topological polar surface area (TPSA) is 38.5 Å². The largest absolute Gasteiger partial charge is 0.381 e. The Hall–Kier alpha value is -0.120. The van der Waals surface area contributed by atoms with E-state index in [9.17, 15) is 0 Å². The average molecular weight is 228 g/mol. The highest BCUT2D eigenvalue weighted by molar-refractivity contribution is 4.82. The second-order valence-electron chi connectivity index (χ2n) is 5.68. The van der Waals surface area contributed by atoms with E-state index in [2.05, 4.69) is 25.8 Å². The summed E-state index contributed by atoms with van der Waals surface area (Å²) < 4.78 is 5.50. The molecular formula is C13H28N2O. The van der Waals surface area contributed by atoms with Crippen molar-refractivity contribution in [3.8, 4) is 0 Å². The standard InChI is InChI=1S/C13H28N2O/c1-4-7-13(2,14)11-15(3)9-12-6-5-8-16-10-12/h12H,4-11,14H2,1-3H3. The lowest BCUT2D eigenvalue weighted by Gasteiger charge is -2.33. The number of nitrogens with two attached hydrogens (primary N) is 1. The fraction of sp³-hybridized carbons (Fsp3) is 1.00. The van der Waals surface area contributed by atoms with Gasteiger partial charge >= 0.3 is 0 Å². The molecule has 1 rings (SSSR count). The zero-order valence-corrected chi connectivity index (χ0v) is 11.2. The van der Waals surface area contributed by atoms with Crippen molar-refractivity contribution in [3.63, 3.8) is 0 Å². The van der Waals surface area contributed by atoms with E-state index in [1.54, 1.807) is 0 Å². The molecule has 0 spiro atoms. The van der Waals surface area contributed by atoms with E-state index in [-0.39, 0.29) is 5.54 Å². The van der Waals surface area contributed by atoms with Crippen molar-refractivity contribution >= 4 is 0 Å². The minimum Gasteiger partial charge on any atom is -0.381 e. The summed E-state index contributed by atoms with van der Waals surface area (Å²) in [5.74, 6) is 0.705. The van der Waals surface area contributed by atoms with Crippen molar-refractivity contribution in [2.24, 2.45) is 11.7 Å². The average Bonchev–Trinajstić information content (AvgIpc) is 2.17. The fourth-order valence-electron chi connectivity index (χ4n) is 2.72. The molecule has 96 valence electrons. The summed E-state index contributed by atoms with van der Waals surface area (Å²) in [6.45, 7) is 8.34. The van der Waals surface area contributed by atoms with Gasteiger partial charge in [-0.2, -0.15) is 0 Å². The van der Waals surface area contributed by atoms with Crippen molar-refractivity contribution in [1.29, 1.82) is 0 Å². The van der Waals surface area contributed by atoms with Gasteiger partial charge in [-0.25, -0.2) is 0 Å². The molecule has 2 unspecified atom stereocenters. The van der Waals surface area contributed by atoms with Crippen LogP contribution in [0.3, 0.4) is 0 Å². The van der Waals surface area contributed by atoms with Gasteiger partial charge in [-0.05, 0) is 39.2 Å². The van der Waals surface area contributed by atoms with Gasteiger partial charge in [0.05, 0.1) is 6.61 Å². The highest BCUT2D eigenvalue weighted by Crippen LogP contribution is 2.16. The van der Waals surface area contributed by atoms with Crippen molar-refractivity contribution in [2.45, 2.75) is 45.1 Å². The highest BCUT2D eigenvalue weighted by Gasteiger charge is 2.22. The van der Waals surface area contributed by atoms with Crippen LogP contribution in [0.4, 0.5) is 0 Å². The van der Waals surface area contributed by atoms with E-state index in [0.717, 1.165) is 39.1 Å². The fourth-order valence-corrected chi connectivity index (χ4v) is 2.72. The molecule has 16 heavy (non-hydrogen) atoms. The van der Waals surface area contributed by atoms with Crippen LogP contribution < -0.4 is 5.73 Å². The SMILES string of the molecule is CCCC(C)(N)CN(C)CC1CCCOC1. The monoisotopic (exact) mass is 228 g/mol. The lowest BCUT2D eigenvalue weighted by atomic mass is 9.96. The lowest BCUT2D eigenvalue weighted by molar-refractivity contribution is 0.0394. The van der Waals surface area contributed by atoms with E-state index in [1.165, 1.54) is 12.8 Å². The van der Waals surface area contributed by atoms with Gasteiger partial charge in [-0.1, -0.05) is 13.3 Å². The maximum absolute atomic E-state index is 6.26. The molecule has 0 aromatic heterocycles. The third-order valence-corrected chi connectivity index (χ3v) is 3.28. The summed E-state index contributed by atoms with van der Waals surface area (Å²) in [6.07, 6.45) is 4.78. The van der Waals surface area contributed by atoms with E-state index < -0.39 is 0 Å². The summed E-state index contributed by atoms with van der Waals surface area (Å²) in [5.41, 5.74) is 6.22. The third-order valence-electron chi connectivity index (χ3n) is 3.28. The van der Waals surface area contributed by atoms with Crippen LogP contribution >= 0.6 is 0 Å². The first-order valence-electron chi connectivity index (χ1n) is 6.58. The lowest BCUT2D eigenvalue weighted by Crippen LogP contribution is -2.48. The summed E-state index contributed by atoms with van der Waals surface area (Å²) in [4.78, 5) is 2.37. The molecule has 3 heteroatoms. The number of hydrogen-bond acceptors (Lipinski definition) is 3. The van der Waals surface area contributed by atoms with E-state index in [0.29, 0.717) is 5.92 Å². The predicted molar refractivity (Wildman–Crippen MR) is 68.5 cm³/mol. The second-order valence-corrected chi connectivity index (χ2v) is 5.68. The normalized spacial score (nSPS) is 25.7. The van der Waals surface area contributed by atoms with Gasteiger partial charge in [0.15, 0.2) is 0 Å². The number of likely N-dealkylation sites (N-methyl/N-ethyl adjacent to an activating group) is 1. The Labute approximate surface area is 100 Å². The first-order chi connectivity index (χ1) is 7.53. The molecule has 1 aliphatic rings. The molecule has 1 heterocycles. The van der Waals surface area contributed by atoms with Gasteiger partial charge in [0.25, 0.3) is 0 Å². The van der Waals surface area contributed by atoms with E-state index in [1.807, 2.05) is 0 Å². The van der Waals surface area contributed by atoms with Crippen LogP contribution in [-0.2, 0) is 4.74 Å². The van der Waals surface area contributed by atoms with Gasteiger partial charge in [-0.15, -0.1) is 0 Å². The molecule has 0 aromatic rings. The smallest absolute Gasteiger partial charge is 0.0506 e. The first-order valence-corrected chi connectivity index (χ1v) is 6.58. The van der Waals surface area contributed by atoms with Crippen LogP contribution in [-0.4, -0.2) is 43.8 Å². The van der Waals surface area contributed by atoms with Crippen molar-refractivity contribution in [1.82, 2.24) is 4.90 Å². The maximum Gasteiger partial charge on any atom is 0.0506 e. The molecule has 0 saturated carbocycles. The minimum atomic E-state index is -0.0426. The van der Waals surface area contributed by atoms with E-state index >= 15 is 0 Å². The molecule has 0 radical (unpaired) electrons. The van der Waals surface area contributed by atoms with Gasteiger partial charge in [0.1, 0.15) is 0 Å². The summed E-state index contributed by atoms with van der Waals surface area (Å²) >= 11 is 0. The Morgan fingerprint density at radius 3 is 2.81 bits per heavy atom. The third kappa shape index (κ3) is 5.28. The first kappa shape index (κ1) is 13.9. The highest BCUT2D eigenvalue weighted by atomic mass is 16.5. The van der Waals surface area contributed by atoms with Crippen LogP contribution in [0.15, 0.2) is 0 Å². The van der Waals surface area contributed by atoms with Crippen LogP contribution in [0.2, 0.25) is 0 Å². The van der Waals surface area contributed by atoms with Crippen molar-refractivity contribution in [2.75, 3.05) is 33.4 Å². The molecule has 0 aromatic carbocycles. The van der Waals surface area contributed by atoms with Crippen LogP contribution in [0.25, 0.3) is 0 Å². The maximum atomic E-state index is 6.26. The Kier molecular flexibility index (Phi) is 5.73. The zero-order chi connectivity index (χ0) is 12.0. The quantitative estimate of drug-likeness (QED) is 0.754. The number of ether oxygens (including phenoxy) is 1. The van der Waals surface area contributed by atoms with Gasteiger partial charge < -0.3 is 15.4 Å².